The summed E-state index contributed by atoms with van der Waals surface area (Å²) in [6.07, 6.45) is 8.20. The molecule has 1 N–H and O–H groups in total. The molecule has 4 heterocycles. The molecule has 0 unspecified atom stereocenters. The molecular formula is C24H26N6. The van der Waals surface area contributed by atoms with Crippen molar-refractivity contribution in [1.82, 2.24) is 24.4 Å². The molecule has 0 spiro atoms. The third kappa shape index (κ3) is 3.66. The summed E-state index contributed by atoms with van der Waals surface area (Å²) in [5.41, 5.74) is 4.64. The summed E-state index contributed by atoms with van der Waals surface area (Å²) in [5, 5.41) is 4.63. The van der Waals surface area contributed by atoms with E-state index >= 15 is 0 Å². The first kappa shape index (κ1) is 18.8. The van der Waals surface area contributed by atoms with Crippen LogP contribution in [0.2, 0.25) is 0 Å². The van der Waals surface area contributed by atoms with Crippen molar-refractivity contribution in [2.75, 3.05) is 11.9 Å². The minimum absolute atomic E-state index is 0.281. The summed E-state index contributed by atoms with van der Waals surface area (Å²) in [7, 11) is 2.12. The molecule has 0 radical (unpaired) electrons. The van der Waals surface area contributed by atoms with E-state index in [1.165, 1.54) is 22.9 Å². The van der Waals surface area contributed by atoms with Crippen molar-refractivity contribution < 1.29 is 0 Å². The lowest BCUT2D eigenvalue weighted by atomic mass is 10.1. The Kier molecular flexibility index (Phi) is 4.93. The summed E-state index contributed by atoms with van der Waals surface area (Å²) in [6.45, 7) is 3.98. The van der Waals surface area contributed by atoms with Gasteiger partial charge in [0.25, 0.3) is 0 Å². The smallest absolute Gasteiger partial charge is 0.150 e. The van der Waals surface area contributed by atoms with Crippen molar-refractivity contribution in [3.63, 3.8) is 0 Å². The van der Waals surface area contributed by atoms with Gasteiger partial charge in [0.05, 0.1) is 24.1 Å². The largest absolute Gasteiger partial charge is 0.350 e. The van der Waals surface area contributed by atoms with E-state index in [9.17, 15) is 0 Å². The lowest BCUT2D eigenvalue weighted by Gasteiger charge is -2.24. The maximum atomic E-state index is 4.88. The fourth-order valence-electron chi connectivity index (χ4n) is 4.47. The van der Waals surface area contributed by atoms with Gasteiger partial charge >= 0.3 is 0 Å². The van der Waals surface area contributed by atoms with Crippen LogP contribution in [0.25, 0.3) is 10.9 Å². The number of likely N-dealkylation sites (tertiary alicyclic amines) is 1. The van der Waals surface area contributed by atoms with Crippen LogP contribution < -0.4 is 5.32 Å². The molecule has 0 saturated carbocycles. The number of hydrogen-bond acceptors (Lipinski definition) is 5. The number of para-hydroxylation sites is 1. The van der Waals surface area contributed by atoms with Gasteiger partial charge in [0, 0.05) is 36.4 Å². The van der Waals surface area contributed by atoms with Crippen LogP contribution in [-0.2, 0) is 13.6 Å². The summed E-state index contributed by atoms with van der Waals surface area (Å²) >= 11 is 0. The van der Waals surface area contributed by atoms with E-state index < -0.39 is 0 Å². The number of pyridine rings is 1. The molecule has 3 aromatic heterocycles. The number of anilines is 2. The number of benzene rings is 1. The van der Waals surface area contributed by atoms with Crippen LogP contribution in [0.4, 0.5) is 11.6 Å². The predicted molar refractivity (Wildman–Crippen MR) is 120 cm³/mol. The van der Waals surface area contributed by atoms with E-state index in [0.717, 1.165) is 42.5 Å². The van der Waals surface area contributed by atoms with Crippen molar-refractivity contribution in [2.45, 2.75) is 32.4 Å². The zero-order valence-corrected chi connectivity index (χ0v) is 17.4. The number of nitrogens with zero attached hydrogens (tertiary/aromatic N) is 5. The summed E-state index contributed by atoms with van der Waals surface area (Å²) < 4.78 is 2.22. The van der Waals surface area contributed by atoms with Crippen LogP contribution in [0.15, 0.2) is 61.1 Å². The second kappa shape index (κ2) is 7.88. The van der Waals surface area contributed by atoms with E-state index in [4.69, 9.17) is 4.98 Å². The average Bonchev–Trinajstić information content (AvgIpc) is 3.34. The molecule has 1 saturated heterocycles. The SMILES string of the molecule is Cc1cccc(Nc2cncc([C@H]3CCCN3Cc3cn(C)c4ccccc34)n2)n1. The maximum absolute atomic E-state index is 4.88. The second-order valence-corrected chi connectivity index (χ2v) is 8.03. The number of aromatic nitrogens is 4. The molecule has 1 aliphatic rings. The zero-order chi connectivity index (χ0) is 20.5. The van der Waals surface area contributed by atoms with E-state index in [-0.39, 0.29) is 6.04 Å². The van der Waals surface area contributed by atoms with Crippen molar-refractivity contribution in [1.29, 1.82) is 0 Å². The normalized spacial score (nSPS) is 16.9. The average molecular weight is 399 g/mol. The highest BCUT2D eigenvalue weighted by Crippen LogP contribution is 2.34. The van der Waals surface area contributed by atoms with E-state index in [1.54, 1.807) is 6.20 Å². The molecule has 5 rings (SSSR count). The fourth-order valence-corrected chi connectivity index (χ4v) is 4.47. The van der Waals surface area contributed by atoms with Crippen LogP contribution in [0.5, 0.6) is 0 Å². The van der Waals surface area contributed by atoms with Crippen molar-refractivity contribution >= 4 is 22.5 Å². The molecule has 4 aromatic rings. The quantitative estimate of drug-likeness (QED) is 0.526. The number of aryl methyl sites for hydroxylation is 2. The van der Waals surface area contributed by atoms with Gasteiger partial charge in [0.2, 0.25) is 0 Å². The van der Waals surface area contributed by atoms with Gasteiger partial charge in [-0.1, -0.05) is 24.3 Å². The highest BCUT2D eigenvalue weighted by Gasteiger charge is 2.28. The highest BCUT2D eigenvalue weighted by molar-refractivity contribution is 5.83. The lowest BCUT2D eigenvalue weighted by Crippen LogP contribution is -2.23. The van der Waals surface area contributed by atoms with Crippen molar-refractivity contribution in [2.24, 2.45) is 7.05 Å². The molecule has 0 bridgehead atoms. The summed E-state index contributed by atoms with van der Waals surface area (Å²) in [5.74, 6) is 1.53. The molecule has 1 atom stereocenters. The third-order valence-electron chi connectivity index (χ3n) is 5.86. The Bertz CT molecular complexity index is 1180. The van der Waals surface area contributed by atoms with Gasteiger partial charge in [0.1, 0.15) is 11.6 Å². The van der Waals surface area contributed by atoms with Crippen LogP contribution in [0, 0.1) is 6.92 Å². The first-order chi connectivity index (χ1) is 14.7. The summed E-state index contributed by atoms with van der Waals surface area (Å²) in [4.78, 5) is 16.4. The Morgan fingerprint density at radius 2 is 1.93 bits per heavy atom. The summed E-state index contributed by atoms with van der Waals surface area (Å²) in [6, 6.07) is 14.8. The monoisotopic (exact) mass is 398 g/mol. The van der Waals surface area contributed by atoms with Crippen LogP contribution >= 0.6 is 0 Å². The molecule has 6 nitrogen and oxygen atoms in total. The molecule has 0 amide bonds. The second-order valence-electron chi connectivity index (χ2n) is 8.03. The van der Waals surface area contributed by atoms with Crippen LogP contribution in [-0.4, -0.2) is 31.0 Å². The Hall–Kier alpha value is -3.25. The molecule has 0 aliphatic carbocycles. The van der Waals surface area contributed by atoms with Gasteiger partial charge in [0.15, 0.2) is 0 Å². The van der Waals surface area contributed by atoms with Crippen LogP contribution in [0.3, 0.4) is 0 Å². The predicted octanol–water partition coefficient (Wildman–Crippen LogP) is 4.75. The standard InChI is InChI=1S/C24H26N6/c1-17-7-5-11-23(26-17)28-24-14-25-13-20(27-24)22-10-6-12-30(22)16-18-15-29(2)21-9-4-3-8-19(18)21/h3-5,7-9,11,13-15,22H,6,10,12,16H2,1-2H3,(H,26,27,28)/t22-/m1/s1. The number of nitrogens with one attached hydrogen (secondary N) is 1. The molecule has 1 aliphatic heterocycles. The Morgan fingerprint density at radius 1 is 1.03 bits per heavy atom. The van der Waals surface area contributed by atoms with Gasteiger partial charge in [-0.25, -0.2) is 9.97 Å². The molecule has 30 heavy (non-hydrogen) atoms. The first-order valence-electron chi connectivity index (χ1n) is 10.5. The third-order valence-corrected chi connectivity index (χ3v) is 5.86. The van der Waals surface area contributed by atoms with E-state index in [1.807, 2.05) is 31.3 Å². The fraction of sp³-hybridized carbons (Fsp3) is 0.292. The molecule has 152 valence electrons. The molecule has 1 fully saturated rings. The van der Waals surface area contributed by atoms with Gasteiger partial charge in [-0.15, -0.1) is 0 Å². The topological polar surface area (TPSA) is 58.9 Å². The van der Waals surface area contributed by atoms with Crippen molar-refractivity contribution in [3.8, 4) is 0 Å². The van der Waals surface area contributed by atoms with E-state index in [2.05, 4.69) is 62.3 Å². The first-order valence-corrected chi connectivity index (χ1v) is 10.5. The number of fused-ring (bicyclic) bond motifs is 1. The van der Waals surface area contributed by atoms with Gasteiger partial charge < -0.3 is 9.88 Å². The van der Waals surface area contributed by atoms with Gasteiger partial charge in [-0.05, 0) is 50.1 Å². The number of hydrogen-bond donors (Lipinski definition) is 1. The maximum Gasteiger partial charge on any atom is 0.150 e. The minimum Gasteiger partial charge on any atom is -0.350 e. The molecule has 6 heteroatoms. The van der Waals surface area contributed by atoms with Gasteiger partial charge in [-0.3, -0.25) is 9.88 Å². The lowest BCUT2D eigenvalue weighted by molar-refractivity contribution is 0.245. The Balaban J connectivity index is 1.38. The van der Waals surface area contributed by atoms with Gasteiger partial charge in [-0.2, -0.15) is 0 Å². The van der Waals surface area contributed by atoms with E-state index in [0.29, 0.717) is 0 Å². The molecule has 1 aromatic carbocycles. The van der Waals surface area contributed by atoms with Crippen molar-refractivity contribution in [3.05, 3.63) is 78.0 Å². The minimum atomic E-state index is 0.281. The molecular weight excluding hydrogens is 372 g/mol. The van der Waals surface area contributed by atoms with Crippen LogP contribution in [0.1, 0.15) is 35.8 Å². The Morgan fingerprint density at radius 3 is 2.83 bits per heavy atom. The zero-order valence-electron chi connectivity index (χ0n) is 17.4. The highest BCUT2D eigenvalue weighted by atomic mass is 15.2. The Labute approximate surface area is 176 Å². The number of rotatable bonds is 5.